The van der Waals surface area contributed by atoms with E-state index in [1.54, 1.807) is 6.07 Å². The highest BCUT2D eigenvalue weighted by Crippen LogP contribution is 2.46. The van der Waals surface area contributed by atoms with Crippen LogP contribution in [0.4, 0.5) is 5.69 Å². The molecule has 1 heterocycles. The Morgan fingerprint density at radius 1 is 1.16 bits per heavy atom. The van der Waals surface area contributed by atoms with E-state index in [0.29, 0.717) is 12.1 Å². The summed E-state index contributed by atoms with van der Waals surface area (Å²) in [4.78, 5) is 37.8. The Morgan fingerprint density at radius 3 is 2.45 bits per heavy atom. The first-order valence-corrected chi connectivity index (χ1v) is 10.4. The molecule has 0 aromatic heterocycles. The van der Waals surface area contributed by atoms with Crippen LogP contribution in [0.5, 0.6) is 0 Å². The summed E-state index contributed by atoms with van der Waals surface area (Å²) in [6.45, 7) is 1.62. The fraction of sp³-hybridized carbons (Fsp3) is 0.333. The molecule has 1 fully saturated rings. The second kappa shape index (κ2) is 7.98. The van der Waals surface area contributed by atoms with E-state index in [9.17, 15) is 24.8 Å². The van der Waals surface area contributed by atoms with Crippen LogP contribution in [-0.2, 0) is 15.0 Å². The second-order valence-electron chi connectivity index (χ2n) is 8.36. The van der Waals surface area contributed by atoms with Crippen molar-refractivity contribution in [1.82, 2.24) is 4.90 Å². The number of amides is 1. The summed E-state index contributed by atoms with van der Waals surface area (Å²) in [7, 11) is 0. The summed E-state index contributed by atoms with van der Waals surface area (Å²) in [6.07, 6.45) is 3.83. The van der Waals surface area contributed by atoms with Crippen molar-refractivity contribution in [2.24, 2.45) is 0 Å². The molecule has 7 heteroatoms. The third-order valence-electron chi connectivity index (χ3n) is 6.50. The molecule has 1 atom stereocenters. The number of non-ortho nitro benzene ring substituents is 1. The van der Waals surface area contributed by atoms with Gasteiger partial charge < -0.3 is 10.0 Å². The number of benzene rings is 2. The van der Waals surface area contributed by atoms with Crippen molar-refractivity contribution in [2.75, 3.05) is 6.54 Å². The first kappa shape index (κ1) is 20.8. The van der Waals surface area contributed by atoms with Crippen LogP contribution in [0.2, 0.25) is 0 Å². The summed E-state index contributed by atoms with van der Waals surface area (Å²) in [5.41, 5.74) is 1.14. The number of aliphatic hydroxyl groups excluding tert-OH is 1. The average molecular weight is 420 g/mol. The molecule has 1 amide bonds. The minimum atomic E-state index is -0.855. The summed E-state index contributed by atoms with van der Waals surface area (Å²) >= 11 is 0. The van der Waals surface area contributed by atoms with Gasteiger partial charge in [0.15, 0.2) is 11.5 Å². The van der Waals surface area contributed by atoms with Crippen LogP contribution in [0.3, 0.4) is 0 Å². The van der Waals surface area contributed by atoms with Crippen molar-refractivity contribution in [2.45, 2.75) is 44.1 Å². The molecule has 0 radical (unpaired) electrons. The highest BCUT2D eigenvalue weighted by Gasteiger charge is 2.47. The van der Waals surface area contributed by atoms with Gasteiger partial charge in [0.2, 0.25) is 0 Å². The standard InChI is InChI=1S/C24H24N2O5/c1-16(27)20-21(17-8-7-11-19(14-17)26(30)31)25(23(29)22(20)28)15-24(12-5-6-13-24)18-9-3-2-4-10-18/h2-4,7-11,14,21,28H,5-6,12-13,15H2,1H3. The van der Waals surface area contributed by atoms with Gasteiger partial charge in [-0.2, -0.15) is 0 Å². The molecular formula is C24H24N2O5. The van der Waals surface area contributed by atoms with Gasteiger partial charge in [-0.3, -0.25) is 19.7 Å². The molecule has 160 valence electrons. The molecule has 0 saturated heterocycles. The molecule has 1 saturated carbocycles. The van der Waals surface area contributed by atoms with Gasteiger partial charge in [-0.05, 0) is 30.9 Å². The van der Waals surface area contributed by atoms with E-state index in [2.05, 4.69) is 0 Å². The minimum absolute atomic E-state index is 0.00768. The molecule has 7 nitrogen and oxygen atoms in total. The lowest BCUT2D eigenvalue weighted by Crippen LogP contribution is -2.42. The van der Waals surface area contributed by atoms with E-state index in [1.165, 1.54) is 30.0 Å². The fourth-order valence-corrected chi connectivity index (χ4v) is 5.04. The number of nitro groups is 1. The van der Waals surface area contributed by atoms with Gasteiger partial charge >= 0.3 is 0 Å². The predicted octanol–water partition coefficient (Wildman–Crippen LogP) is 4.39. The third-order valence-corrected chi connectivity index (χ3v) is 6.50. The molecule has 0 bridgehead atoms. The van der Waals surface area contributed by atoms with E-state index in [1.807, 2.05) is 30.3 Å². The summed E-state index contributed by atoms with van der Waals surface area (Å²) < 4.78 is 0. The lowest BCUT2D eigenvalue weighted by molar-refractivity contribution is -0.384. The Morgan fingerprint density at radius 2 is 1.84 bits per heavy atom. The number of carbonyl (C=O) groups excluding carboxylic acids is 2. The molecule has 1 aliphatic carbocycles. The van der Waals surface area contributed by atoms with Crippen LogP contribution >= 0.6 is 0 Å². The van der Waals surface area contributed by atoms with Gasteiger partial charge in [-0.25, -0.2) is 0 Å². The molecule has 2 aromatic carbocycles. The van der Waals surface area contributed by atoms with Gasteiger partial charge in [-0.1, -0.05) is 55.3 Å². The van der Waals surface area contributed by atoms with Crippen LogP contribution in [-0.4, -0.2) is 33.2 Å². The molecule has 1 unspecified atom stereocenters. The topological polar surface area (TPSA) is 101 Å². The molecule has 1 N–H and O–H groups in total. The Labute approximate surface area is 180 Å². The Bertz CT molecular complexity index is 1070. The number of nitro benzene ring substituents is 1. The monoisotopic (exact) mass is 420 g/mol. The van der Waals surface area contributed by atoms with Crippen LogP contribution in [0.25, 0.3) is 0 Å². The van der Waals surface area contributed by atoms with Crippen LogP contribution in [0, 0.1) is 10.1 Å². The maximum absolute atomic E-state index is 13.1. The van der Waals surface area contributed by atoms with E-state index in [-0.39, 0.29) is 16.7 Å². The van der Waals surface area contributed by atoms with Crippen molar-refractivity contribution in [1.29, 1.82) is 0 Å². The minimum Gasteiger partial charge on any atom is -0.503 e. The lowest BCUT2D eigenvalue weighted by Gasteiger charge is -2.37. The fourth-order valence-electron chi connectivity index (χ4n) is 5.04. The number of aliphatic hydroxyl groups is 1. The van der Waals surface area contributed by atoms with E-state index < -0.39 is 28.4 Å². The highest BCUT2D eigenvalue weighted by atomic mass is 16.6. The molecule has 0 spiro atoms. The third kappa shape index (κ3) is 3.60. The molecule has 2 aromatic rings. The maximum Gasteiger partial charge on any atom is 0.290 e. The number of hydrogen-bond donors (Lipinski definition) is 1. The zero-order valence-corrected chi connectivity index (χ0v) is 17.3. The van der Waals surface area contributed by atoms with E-state index >= 15 is 0 Å². The first-order valence-electron chi connectivity index (χ1n) is 10.4. The number of hydrogen-bond acceptors (Lipinski definition) is 5. The molecule has 2 aliphatic rings. The number of rotatable bonds is 6. The summed E-state index contributed by atoms with van der Waals surface area (Å²) in [5, 5.41) is 21.9. The van der Waals surface area contributed by atoms with Crippen molar-refractivity contribution in [3.63, 3.8) is 0 Å². The van der Waals surface area contributed by atoms with Crippen LogP contribution < -0.4 is 0 Å². The molecule has 4 rings (SSSR count). The number of carbonyl (C=O) groups is 2. The van der Waals surface area contributed by atoms with Crippen LogP contribution in [0.1, 0.15) is 49.8 Å². The number of nitrogens with zero attached hydrogens (tertiary/aromatic N) is 2. The van der Waals surface area contributed by atoms with E-state index in [0.717, 1.165) is 31.2 Å². The zero-order valence-electron chi connectivity index (χ0n) is 17.3. The maximum atomic E-state index is 13.1. The zero-order chi connectivity index (χ0) is 22.2. The smallest absolute Gasteiger partial charge is 0.290 e. The quantitative estimate of drug-likeness (QED) is 0.552. The van der Waals surface area contributed by atoms with Crippen LogP contribution in [0.15, 0.2) is 65.9 Å². The largest absolute Gasteiger partial charge is 0.503 e. The van der Waals surface area contributed by atoms with Gasteiger partial charge in [0, 0.05) is 24.1 Å². The Balaban J connectivity index is 1.80. The average Bonchev–Trinajstić information content (AvgIpc) is 3.34. The highest BCUT2D eigenvalue weighted by molar-refractivity contribution is 6.08. The van der Waals surface area contributed by atoms with Crippen molar-refractivity contribution < 1.29 is 19.6 Å². The predicted molar refractivity (Wildman–Crippen MR) is 114 cm³/mol. The lowest BCUT2D eigenvalue weighted by atomic mass is 9.78. The molecule has 1 aliphatic heterocycles. The SMILES string of the molecule is CC(=O)C1=C(O)C(=O)N(CC2(c3ccccc3)CCCC2)C1c1cccc([N+](=O)[O-])c1. The van der Waals surface area contributed by atoms with Gasteiger partial charge in [-0.15, -0.1) is 0 Å². The molecular weight excluding hydrogens is 396 g/mol. The molecule has 31 heavy (non-hydrogen) atoms. The summed E-state index contributed by atoms with van der Waals surface area (Å²) in [5.74, 6) is -1.60. The van der Waals surface area contributed by atoms with Crippen molar-refractivity contribution >= 4 is 17.4 Å². The first-order chi connectivity index (χ1) is 14.8. The van der Waals surface area contributed by atoms with Gasteiger partial charge in [0.25, 0.3) is 11.6 Å². The van der Waals surface area contributed by atoms with Crippen molar-refractivity contribution in [3.8, 4) is 0 Å². The summed E-state index contributed by atoms with van der Waals surface area (Å²) in [6, 6.07) is 15.0. The number of Topliss-reactive ketones (excluding diaryl/α,β-unsaturated/α-hetero) is 1. The van der Waals surface area contributed by atoms with E-state index in [4.69, 9.17) is 0 Å². The normalized spacial score (nSPS) is 20.4. The Hall–Kier alpha value is -3.48. The van der Waals surface area contributed by atoms with Gasteiger partial charge in [0.1, 0.15) is 0 Å². The number of ketones is 1. The Kier molecular flexibility index (Phi) is 5.35. The second-order valence-corrected chi connectivity index (χ2v) is 8.36. The van der Waals surface area contributed by atoms with Crippen molar-refractivity contribution in [3.05, 3.63) is 87.2 Å². The van der Waals surface area contributed by atoms with Gasteiger partial charge in [0.05, 0.1) is 16.5 Å².